The number of pyridine rings is 1. The van der Waals surface area contributed by atoms with Gasteiger partial charge in [0.15, 0.2) is 5.69 Å². The van der Waals surface area contributed by atoms with Gasteiger partial charge in [-0.3, -0.25) is 9.59 Å². The van der Waals surface area contributed by atoms with Gasteiger partial charge in [0.2, 0.25) is 6.41 Å². The molecule has 190 valence electrons. The molecule has 0 spiro atoms. The molecule has 0 saturated heterocycles. The van der Waals surface area contributed by atoms with E-state index in [1.165, 1.54) is 19.3 Å². The van der Waals surface area contributed by atoms with Crippen LogP contribution in [0.3, 0.4) is 0 Å². The zero-order valence-corrected chi connectivity index (χ0v) is 21.1. The van der Waals surface area contributed by atoms with E-state index < -0.39 is 5.97 Å². The molecule has 0 aliphatic heterocycles. The Kier molecular flexibility index (Phi) is 10.4. The standard InChI is InChI=1S/C16H18N2O3.C13H17NO/c1-3-9-18(11-19)15-10-14(16(20)21-4-2)17-13-8-6-5-7-12(13)15;15-13(11-7-3-1-4-8-11)14-12-9-5-2-6-10-12/h5-8,10-11H,3-4,9H2,1-2H3;1,3-4,7-8,12H,2,5-6,9-10H2,(H,14,15). The van der Waals surface area contributed by atoms with Crippen LogP contribution in [0.4, 0.5) is 5.69 Å². The van der Waals surface area contributed by atoms with Crippen LogP contribution in [-0.2, 0) is 9.53 Å². The van der Waals surface area contributed by atoms with E-state index in [9.17, 15) is 14.4 Å². The second kappa shape index (κ2) is 14.0. The topological polar surface area (TPSA) is 88.6 Å². The summed E-state index contributed by atoms with van der Waals surface area (Å²) in [6.45, 7) is 4.61. The maximum atomic E-state index is 11.9. The molecule has 1 aliphatic carbocycles. The van der Waals surface area contributed by atoms with Gasteiger partial charge in [0.1, 0.15) is 0 Å². The van der Waals surface area contributed by atoms with Crippen molar-refractivity contribution in [2.75, 3.05) is 18.1 Å². The van der Waals surface area contributed by atoms with E-state index in [2.05, 4.69) is 10.3 Å². The van der Waals surface area contributed by atoms with Gasteiger partial charge >= 0.3 is 5.97 Å². The molecule has 1 aliphatic rings. The molecule has 1 N–H and O–H groups in total. The SMILES string of the molecule is CCCN(C=O)c1cc(C(=O)OCC)nc2ccccc12.O=C(NC1CCCCC1)c1ccccc1. The quantitative estimate of drug-likeness (QED) is 0.332. The minimum Gasteiger partial charge on any atom is -0.461 e. The number of fused-ring (bicyclic) bond motifs is 1. The molecule has 1 heterocycles. The highest BCUT2D eigenvalue weighted by molar-refractivity contribution is 6.01. The Morgan fingerprint density at radius 3 is 2.39 bits per heavy atom. The number of para-hydroxylation sites is 1. The van der Waals surface area contributed by atoms with Gasteiger partial charge in [-0.1, -0.05) is 62.6 Å². The molecule has 1 fully saturated rings. The average molecular weight is 490 g/mol. The highest BCUT2D eigenvalue weighted by Gasteiger charge is 2.17. The summed E-state index contributed by atoms with van der Waals surface area (Å²) in [5.74, 6) is -0.408. The summed E-state index contributed by atoms with van der Waals surface area (Å²) < 4.78 is 5.00. The van der Waals surface area contributed by atoms with Crippen LogP contribution in [0.15, 0.2) is 60.7 Å². The van der Waals surface area contributed by atoms with Crippen molar-refractivity contribution in [3.63, 3.8) is 0 Å². The highest BCUT2D eigenvalue weighted by Crippen LogP contribution is 2.26. The summed E-state index contributed by atoms with van der Waals surface area (Å²) in [5, 5.41) is 3.94. The lowest BCUT2D eigenvalue weighted by Crippen LogP contribution is -2.36. The van der Waals surface area contributed by atoms with Gasteiger partial charge < -0.3 is 15.0 Å². The fourth-order valence-electron chi connectivity index (χ4n) is 4.28. The van der Waals surface area contributed by atoms with Crippen LogP contribution >= 0.6 is 0 Å². The van der Waals surface area contributed by atoms with Crippen molar-refractivity contribution in [2.24, 2.45) is 0 Å². The molecule has 7 heteroatoms. The van der Waals surface area contributed by atoms with Crippen molar-refractivity contribution >= 4 is 34.9 Å². The van der Waals surface area contributed by atoms with E-state index in [-0.39, 0.29) is 18.2 Å². The summed E-state index contributed by atoms with van der Waals surface area (Å²) in [6.07, 6.45) is 7.69. The molecule has 4 rings (SSSR count). The minimum atomic E-state index is -0.480. The van der Waals surface area contributed by atoms with Crippen molar-refractivity contribution in [2.45, 2.75) is 58.4 Å². The smallest absolute Gasteiger partial charge is 0.357 e. The fourth-order valence-corrected chi connectivity index (χ4v) is 4.28. The zero-order valence-electron chi connectivity index (χ0n) is 21.1. The molecule has 1 saturated carbocycles. The first kappa shape index (κ1) is 26.9. The van der Waals surface area contributed by atoms with Gasteiger partial charge in [-0.25, -0.2) is 9.78 Å². The predicted octanol–water partition coefficient (Wildman–Crippen LogP) is 5.53. The molecule has 0 bridgehead atoms. The Bertz CT molecular complexity index is 1140. The number of carbonyl (C=O) groups excluding carboxylic acids is 3. The monoisotopic (exact) mass is 489 g/mol. The number of hydrogen-bond donors (Lipinski definition) is 1. The van der Waals surface area contributed by atoms with Gasteiger partial charge in [0, 0.05) is 23.5 Å². The number of esters is 1. The number of nitrogens with one attached hydrogen (secondary N) is 1. The molecule has 2 aromatic carbocycles. The van der Waals surface area contributed by atoms with Gasteiger partial charge in [-0.2, -0.15) is 0 Å². The number of amides is 2. The van der Waals surface area contributed by atoms with Gasteiger partial charge in [-0.15, -0.1) is 0 Å². The van der Waals surface area contributed by atoms with Crippen molar-refractivity contribution < 1.29 is 19.1 Å². The van der Waals surface area contributed by atoms with E-state index in [4.69, 9.17) is 4.74 Å². The second-order valence-electron chi connectivity index (χ2n) is 8.74. The number of nitrogens with zero attached hydrogens (tertiary/aromatic N) is 2. The van der Waals surface area contributed by atoms with Crippen LogP contribution in [0.2, 0.25) is 0 Å². The van der Waals surface area contributed by atoms with Crippen LogP contribution in [0, 0.1) is 0 Å². The predicted molar refractivity (Wildman–Crippen MR) is 142 cm³/mol. The lowest BCUT2D eigenvalue weighted by atomic mass is 9.95. The molecule has 0 unspecified atom stereocenters. The Balaban J connectivity index is 0.000000212. The summed E-state index contributed by atoms with van der Waals surface area (Å²) in [4.78, 5) is 41.0. The molecule has 0 radical (unpaired) electrons. The zero-order chi connectivity index (χ0) is 25.8. The number of hydrogen-bond acceptors (Lipinski definition) is 5. The van der Waals surface area contributed by atoms with E-state index in [0.717, 1.165) is 36.6 Å². The second-order valence-corrected chi connectivity index (χ2v) is 8.74. The Hall–Kier alpha value is -3.74. The Morgan fingerprint density at radius 1 is 1.03 bits per heavy atom. The lowest BCUT2D eigenvalue weighted by molar-refractivity contribution is -0.107. The number of anilines is 1. The summed E-state index contributed by atoms with van der Waals surface area (Å²) in [6, 6.07) is 18.9. The van der Waals surface area contributed by atoms with Crippen molar-refractivity contribution in [1.29, 1.82) is 0 Å². The summed E-state index contributed by atoms with van der Waals surface area (Å²) in [5.41, 5.74) is 2.33. The Morgan fingerprint density at radius 2 is 1.72 bits per heavy atom. The summed E-state index contributed by atoms with van der Waals surface area (Å²) in [7, 11) is 0. The van der Waals surface area contributed by atoms with Crippen molar-refractivity contribution in [3.05, 3.63) is 71.9 Å². The Labute approximate surface area is 212 Å². The van der Waals surface area contributed by atoms with E-state index in [0.29, 0.717) is 23.8 Å². The molecular formula is C29H35N3O4. The van der Waals surface area contributed by atoms with Crippen LogP contribution in [0.1, 0.15) is 73.2 Å². The van der Waals surface area contributed by atoms with Crippen molar-refractivity contribution in [1.82, 2.24) is 10.3 Å². The normalized spacial score (nSPS) is 13.3. The highest BCUT2D eigenvalue weighted by atomic mass is 16.5. The van der Waals surface area contributed by atoms with Crippen LogP contribution in [0.5, 0.6) is 0 Å². The third kappa shape index (κ3) is 7.38. The van der Waals surface area contributed by atoms with E-state index in [1.807, 2.05) is 61.5 Å². The van der Waals surface area contributed by atoms with Crippen LogP contribution < -0.4 is 10.2 Å². The summed E-state index contributed by atoms with van der Waals surface area (Å²) >= 11 is 0. The number of ether oxygens (including phenoxy) is 1. The number of benzene rings is 2. The molecule has 1 aromatic heterocycles. The van der Waals surface area contributed by atoms with Gasteiger partial charge in [-0.05, 0) is 50.5 Å². The van der Waals surface area contributed by atoms with Crippen LogP contribution in [-0.4, -0.2) is 42.5 Å². The maximum Gasteiger partial charge on any atom is 0.357 e. The number of rotatable bonds is 8. The third-order valence-electron chi connectivity index (χ3n) is 6.06. The first-order valence-electron chi connectivity index (χ1n) is 12.7. The fraction of sp³-hybridized carbons (Fsp3) is 0.379. The van der Waals surface area contributed by atoms with E-state index >= 15 is 0 Å². The third-order valence-corrected chi connectivity index (χ3v) is 6.06. The first-order valence-corrected chi connectivity index (χ1v) is 12.7. The van der Waals surface area contributed by atoms with Gasteiger partial charge in [0.05, 0.1) is 17.8 Å². The largest absolute Gasteiger partial charge is 0.461 e. The van der Waals surface area contributed by atoms with Crippen LogP contribution in [0.25, 0.3) is 10.9 Å². The van der Waals surface area contributed by atoms with Crippen molar-refractivity contribution in [3.8, 4) is 0 Å². The molecule has 0 atom stereocenters. The minimum absolute atomic E-state index is 0.0718. The molecule has 36 heavy (non-hydrogen) atoms. The van der Waals surface area contributed by atoms with Gasteiger partial charge in [0.25, 0.3) is 5.91 Å². The molecular weight excluding hydrogens is 454 g/mol. The number of carbonyl (C=O) groups is 3. The first-order chi connectivity index (χ1) is 17.6. The number of aromatic nitrogens is 1. The average Bonchev–Trinajstić information content (AvgIpc) is 2.92. The lowest BCUT2D eigenvalue weighted by Gasteiger charge is -2.22. The maximum absolute atomic E-state index is 11.9. The van der Waals surface area contributed by atoms with E-state index in [1.54, 1.807) is 17.9 Å². The molecule has 2 amide bonds. The molecule has 7 nitrogen and oxygen atoms in total. The molecule has 3 aromatic rings.